The lowest BCUT2D eigenvalue weighted by Gasteiger charge is -2.07. The van der Waals surface area contributed by atoms with Crippen LogP contribution in [0.3, 0.4) is 0 Å². The van der Waals surface area contributed by atoms with Crippen molar-refractivity contribution in [2.45, 2.75) is 6.54 Å². The van der Waals surface area contributed by atoms with E-state index in [1.807, 2.05) is 0 Å². The van der Waals surface area contributed by atoms with Crippen LogP contribution in [0.4, 0.5) is 5.69 Å². The molecule has 9 heteroatoms. The molecule has 0 spiro atoms. The van der Waals surface area contributed by atoms with E-state index in [2.05, 4.69) is 21.0 Å². The monoisotopic (exact) mass is 353 g/mol. The van der Waals surface area contributed by atoms with E-state index in [0.29, 0.717) is 10.0 Å². The summed E-state index contributed by atoms with van der Waals surface area (Å²) in [5.74, 6) is -1.24. The molecule has 0 amide bonds. The van der Waals surface area contributed by atoms with Gasteiger partial charge in [-0.15, -0.1) is 0 Å². The molecule has 0 fully saturated rings. The summed E-state index contributed by atoms with van der Waals surface area (Å²) in [4.78, 5) is 32.6. The van der Waals surface area contributed by atoms with Crippen molar-refractivity contribution in [1.82, 2.24) is 9.78 Å². The number of carboxylic acid groups (broad SMARTS) is 1. The minimum atomic E-state index is -1.24. The van der Waals surface area contributed by atoms with Gasteiger partial charge in [-0.25, -0.2) is 9.48 Å². The fraction of sp³-hybridized carbons (Fsp3) is 0.0833. The number of benzene rings is 1. The number of halogens is 1. The molecule has 0 aliphatic carbocycles. The number of nitro groups is 1. The third-order valence-corrected chi connectivity index (χ3v) is 3.39. The highest BCUT2D eigenvalue weighted by Gasteiger charge is 2.12. The van der Waals surface area contributed by atoms with Crippen LogP contribution in [0.1, 0.15) is 16.1 Å². The molecule has 1 aromatic heterocycles. The van der Waals surface area contributed by atoms with Crippen LogP contribution in [0.5, 0.6) is 0 Å². The first kappa shape index (κ1) is 14.9. The van der Waals surface area contributed by atoms with E-state index < -0.39 is 16.5 Å². The SMILES string of the molecule is O=C(O)c1ccc(=O)n(Cc2ccc([N+](=O)[O-])cc2Br)n1. The fourth-order valence-electron chi connectivity index (χ4n) is 1.62. The Labute approximate surface area is 125 Å². The van der Waals surface area contributed by atoms with Gasteiger partial charge >= 0.3 is 5.97 Å². The van der Waals surface area contributed by atoms with E-state index in [0.717, 1.165) is 16.8 Å². The molecule has 108 valence electrons. The molecule has 2 rings (SSSR count). The second kappa shape index (κ2) is 5.83. The second-order valence-corrected chi connectivity index (χ2v) is 4.91. The van der Waals surface area contributed by atoms with Gasteiger partial charge in [0.2, 0.25) is 0 Å². The molecular formula is C12H8BrN3O5. The van der Waals surface area contributed by atoms with Crippen LogP contribution < -0.4 is 5.56 Å². The van der Waals surface area contributed by atoms with Gasteiger partial charge in [-0.3, -0.25) is 14.9 Å². The van der Waals surface area contributed by atoms with Gasteiger partial charge in [0.05, 0.1) is 11.5 Å². The first-order chi connectivity index (χ1) is 9.88. The zero-order valence-corrected chi connectivity index (χ0v) is 12.0. The minimum absolute atomic E-state index is 0.00146. The van der Waals surface area contributed by atoms with Crippen LogP contribution in [0, 0.1) is 10.1 Å². The van der Waals surface area contributed by atoms with Crippen LogP contribution in [0.15, 0.2) is 39.6 Å². The van der Waals surface area contributed by atoms with Gasteiger partial charge in [-0.05, 0) is 17.7 Å². The molecule has 0 bridgehead atoms. The van der Waals surface area contributed by atoms with Crippen molar-refractivity contribution in [2.24, 2.45) is 0 Å². The van der Waals surface area contributed by atoms with Crippen molar-refractivity contribution in [2.75, 3.05) is 0 Å². The Morgan fingerprint density at radius 3 is 2.67 bits per heavy atom. The van der Waals surface area contributed by atoms with Crippen molar-refractivity contribution in [3.63, 3.8) is 0 Å². The van der Waals surface area contributed by atoms with Crippen molar-refractivity contribution < 1.29 is 14.8 Å². The highest BCUT2D eigenvalue weighted by molar-refractivity contribution is 9.10. The third-order valence-electron chi connectivity index (χ3n) is 2.65. The highest BCUT2D eigenvalue weighted by Crippen LogP contribution is 2.23. The molecular weight excluding hydrogens is 346 g/mol. The Balaban J connectivity index is 2.38. The molecule has 0 saturated carbocycles. The van der Waals surface area contributed by atoms with Crippen molar-refractivity contribution >= 4 is 27.6 Å². The Hall–Kier alpha value is -2.55. The molecule has 0 aliphatic rings. The number of hydrogen-bond acceptors (Lipinski definition) is 5. The van der Waals surface area contributed by atoms with Gasteiger partial charge < -0.3 is 5.11 Å². The van der Waals surface area contributed by atoms with Crippen LogP contribution in [-0.4, -0.2) is 25.8 Å². The predicted octanol–water partition coefficient (Wildman–Crippen LogP) is 1.66. The Bertz CT molecular complexity index is 787. The number of aromatic nitrogens is 2. The topological polar surface area (TPSA) is 115 Å². The Morgan fingerprint density at radius 1 is 1.38 bits per heavy atom. The number of carboxylic acids is 1. The Morgan fingerprint density at radius 2 is 2.10 bits per heavy atom. The maximum atomic E-state index is 11.7. The summed E-state index contributed by atoms with van der Waals surface area (Å²) in [6.07, 6.45) is 0. The molecule has 0 radical (unpaired) electrons. The molecule has 21 heavy (non-hydrogen) atoms. The lowest BCUT2D eigenvalue weighted by atomic mass is 10.2. The molecule has 0 aliphatic heterocycles. The molecule has 2 aromatic rings. The van der Waals surface area contributed by atoms with E-state index in [9.17, 15) is 19.7 Å². The molecule has 0 saturated heterocycles. The number of rotatable bonds is 4. The van der Waals surface area contributed by atoms with E-state index in [1.165, 1.54) is 18.2 Å². The second-order valence-electron chi connectivity index (χ2n) is 4.05. The van der Waals surface area contributed by atoms with Gasteiger partial charge in [0.15, 0.2) is 5.69 Å². The molecule has 1 heterocycles. The standard InChI is InChI=1S/C12H8BrN3O5/c13-9-5-8(16(20)21)2-1-7(9)6-15-11(17)4-3-10(14-15)12(18)19/h1-5H,6H2,(H,18,19). The van der Waals surface area contributed by atoms with Crippen LogP contribution in [-0.2, 0) is 6.54 Å². The average molecular weight is 354 g/mol. The van der Waals surface area contributed by atoms with E-state index in [-0.39, 0.29) is 17.9 Å². The van der Waals surface area contributed by atoms with Gasteiger partial charge in [-0.2, -0.15) is 5.10 Å². The number of non-ortho nitro benzene ring substituents is 1. The van der Waals surface area contributed by atoms with E-state index >= 15 is 0 Å². The molecule has 0 atom stereocenters. The van der Waals surface area contributed by atoms with Crippen LogP contribution in [0.25, 0.3) is 0 Å². The summed E-state index contributed by atoms with van der Waals surface area (Å²) in [5, 5.41) is 23.2. The number of aromatic carboxylic acids is 1. The van der Waals surface area contributed by atoms with Gasteiger partial charge in [-0.1, -0.05) is 15.9 Å². The number of hydrogen-bond donors (Lipinski definition) is 1. The quantitative estimate of drug-likeness (QED) is 0.660. The minimum Gasteiger partial charge on any atom is -0.476 e. The van der Waals surface area contributed by atoms with E-state index in [1.54, 1.807) is 0 Å². The summed E-state index contributed by atoms with van der Waals surface area (Å²) in [7, 11) is 0. The molecule has 0 unspecified atom stereocenters. The predicted molar refractivity (Wildman–Crippen MR) is 75.4 cm³/mol. The Kier molecular flexibility index (Phi) is 4.13. The molecule has 1 aromatic carbocycles. The lowest BCUT2D eigenvalue weighted by Crippen LogP contribution is -2.25. The first-order valence-electron chi connectivity index (χ1n) is 5.63. The first-order valence-corrected chi connectivity index (χ1v) is 6.42. The lowest BCUT2D eigenvalue weighted by molar-refractivity contribution is -0.384. The smallest absolute Gasteiger partial charge is 0.356 e. The highest BCUT2D eigenvalue weighted by atomic mass is 79.9. The number of nitro benzene ring substituents is 1. The van der Waals surface area contributed by atoms with Crippen LogP contribution in [0.2, 0.25) is 0 Å². The largest absolute Gasteiger partial charge is 0.476 e. The fourth-order valence-corrected chi connectivity index (χ4v) is 2.11. The third kappa shape index (κ3) is 3.31. The normalized spacial score (nSPS) is 10.3. The van der Waals surface area contributed by atoms with Gasteiger partial charge in [0.25, 0.3) is 11.2 Å². The van der Waals surface area contributed by atoms with Crippen LogP contribution >= 0.6 is 15.9 Å². The average Bonchev–Trinajstić information content (AvgIpc) is 2.42. The maximum Gasteiger partial charge on any atom is 0.356 e. The summed E-state index contributed by atoms with van der Waals surface area (Å²) in [6, 6.07) is 6.30. The zero-order chi connectivity index (χ0) is 15.6. The molecule has 8 nitrogen and oxygen atoms in total. The van der Waals surface area contributed by atoms with Gasteiger partial charge in [0, 0.05) is 22.7 Å². The summed E-state index contributed by atoms with van der Waals surface area (Å²) in [6.45, 7) is -0.00146. The summed E-state index contributed by atoms with van der Waals surface area (Å²) in [5.41, 5.74) is -0.249. The maximum absolute atomic E-state index is 11.7. The van der Waals surface area contributed by atoms with Crippen molar-refractivity contribution in [3.8, 4) is 0 Å². The van der Waals surface area contributed by atoms with Crippen molar-refractivity contribution in [3.05, 3.63) is 66.5 Å². The molecule has 1 N–H and O–H groups in total. The zero-order valence-electron chi connectivity index (χ0n) is 10.4. The van der Waals surface area contributed by atoms with Gasteiger partial charge in [0.1, 0.15) is 0 Å². The van der Waals surface area contributed by atoms with E-state index in [4.69, 9.17) is 5.11 Å². The number of nitrogens with zero attached hydrogens (tertiary/aromatic N) is 3. The summed E-state index contributed by atoms with van der Waals surface area (Å²) < 4.78 is 1.42. The summed E-state index contributed by atoms with van der Waals surface area (Å²) >= 11 is 3.18. The van der Waals surface area contributed by atoms with Crippen molar-refractivity contribution in [1.29, 1.82) is 0 Å². The number of carbonyl (C=O) groups is 1.